The standard InChI is InChI=1S/C22H30N4O5/c27-21(23-12-15-5-10-29-11-6-15)16-3-7-25(8-4-16)20-17-13-26(14-19(17)31-24-20)22(28)18-2-1-9-30-18/h1-2,9,15-17,19H,3-8,10-14H2,(H,23,27)/t17-,19-/m1/s1. The van der Waals surface area contributed by atoms with Crippen molar-refractivity contribution in [2.24, 2.45) is 22.9 Å². The molecule has 0 saturated carbocycles. The quantitative estimate of drug-likeness (QED) is 0.774. The number of rotatable bonds is 4. The molecule has 2 atom stereocenters. The van der Waals surface area contributed by atoms with Crippen LogP contribution >= 0.6 is 0 Å². The van der Waals surface area contributed by atoms with E-state index >= 15 is 0 Å². The number of fused-ring (bicyclic) bond motifs is 1. The van der Waals surface area contributed by atoms with E-state index in [4.69, 9.17) is 14.0 Å². The van der Waals surface area contributed by atoms with Gasteiger partial charge in [0.25, 0.3) is 5.91 Å². The molecule has 0 bridgehead atoms. The van der Waals surface area contributed by atoms with Gasteiger partial charge in [-0.3, -0.25) is 9.59 Å². The summed E-state index contributed by atoms with van der Waals surface area (Å²) in [6, 6.07) is 3.40. The largest absolute Gasteiger partial charge is 0.459 e. The summed E-state index contributed by atoms with van der Waals surface area (Å²) in [6.07, 6.45) is 5.09. The summed E-state index contributed by atoms with van der Waals surface area (Å²) >= 11 is 0. The Hall–Kier alpha value is -2.55. The lowest BCUT2D eigenvalue weighted by Crippen LogP contribution is -2.46. The van der Waals surface area contributed by atoms with Crippen LogP contribution in [0.4, 0.5) is 0 Å². The lowest BCUT2D eigenvalue weighted by atomic mass is 9.93. The molecule has 0 spiro atoms. The van der Waals surface area contributed by atoms with Gasteiger partial charge in [0, 0.05) is 45.3 Å². The van der Waals surface area contributed by atoms with Gasteiger partial charge in [-0.2, -0.15) is 0 Å². The lowest BCUT2D eigenvalue weighted by molar-refractivity contribution is -0.126. The number of likely N-dealkylation sites (tertiary alicyclic amines) is 2. The second-order valence-electron chi connectivity index (χ2n) is 8.95. The highest BCUT2D eigenvalue weighted by atomic mass is 16.6. The van der Waals surface area contributed by atoms with Gasteiger partial charge in [-0.1, -0.05) is 5.16 Å². The van der Waals surface area contributed by atoms with Crippen molar-refractivity contribution in [3.63, 3.8) is 0 Å². The minimum atomic E-state index is -0.109. The van der Waals surface area contributed by atoms with Crippen LogP contribution in [-0.4, -0.2) is 79.5 Å². The van der Waals surface area contributed by atoms with Crippen LogP contribution in [0, 0.1) is 17.8 Å². The Morgan fingerprint density at radius 3 is 2.68 bits per heavy atom. The molecule has 3 saturated heterocycles. The Labute approximate surface area is 181 Å². The maximum atomic E-state index is 12.6. The molecule has 168 valence electrons. The van der Waals surface area contributed by atoms with E-state index in [2.05, 4.69) is 15.4 Å². The molecule has 0 aliphatic carbocycles. The Balaban J connectivity index is 1.10. The number of oxime groups is 1. The number of amidine groups is 1. The average molecular weight is 431 g/mol. The van der Waals surface area contributed by atoms with Crippen molar-refractivity contribution in [1.29, 1.82) is 0 Å². The summed E-state index contributed by atoms with van der Waals surface area (Å²) < 4.78 is 10.6. The first-order chi connectivity index (χ1) is 15.2. The van der Waals surface area contributed by atoms with Crippen LogP contribution in [0.3, 0.4) is 0 Å². The smallest absolute Gasteiger partial charge is 0.289 e. The molecule has 0 aromatic carbocycles. The van der Waals surface area contributed by atoms with Crippen molar-refractivity contribution in [2.75, 3.05) is 45.9 Å². The van der Waals surface area contributed by atoms with Crippen LogP contribution in [0.1, 0.15) is 36.2 Å². The van der Waals surface area contributed by atoms with Gasteiger partial charge in [0.05, 0.1) is 18.7 Å². The summed E-state index contributed by atoms with van der Waals surface area (Å²) in [7, 11) is 0. The highest BCUT2D eigenvalue weighted by Gasteiger charge is 2.46. The number of carbonyl (C=O) groups is 2. The summed E-state index contributed by atoms with van der Waals surface area (Å²) in [6.45, 7) is 5.02. The van der Waals surface area contributed by atoms with Gasteiger partial charge in [-0.05, 0) is 43.7 Å². The van der Waals surface area contributed by atoms with E-state index in [1.165, 1.54) is 6.26 Å². The first-order valence-corrected chi connectivity index (χ1v) is 11.4. The fraction of sp³-hybridized carbons (Fsp3) is 0.682. The first kappa shape index (κ1) is 20.4. The van der Waals surface area contributed by atoms with Crippen LogP contribution < -0.4 is 5.32 Å². The number of carbonyl (C=O) groups excluding carboxylic acids is 2. The zero-order valence-corrected chi connectivity index (χ0v) is 17.7. The molecule has 0 unspecified atom stereocenters. The van der Waals surface area contributed by atoms with Crippen LogP contribution in [0.2, 0.25) is 0 Å². The maximum Gasteiger partial charge on any atom is 0.289 e. The van der Waals surface area contributed by atoms with Crippen LogP contribution in [0.5, 0.6) is 0 Å². The van der Waals surface area contributed by atoms with E-state index in [9.17, 15) is 9.59 Å². The fourth-order valence-electron chi connectivity index (χ4n) is 5.04. The van der Waals surface area contributed by atoms with Crippen molar-refractivity contribution < 1.29 is 23.6 Å². The van der Waals surface area contributed by atoms with Gasteiger partial charge in [0.15, 0.2) is 17.7 Å². The molecular formula is C22H30N4O5. The minimum absolute atomic E-state index is 0.0513. The second-order valence-corrected chi connectivity index (χ2v) is 8.95. The summed E-state index contributed by atoms with van der Waals surface area (Å²) in [5, 5.41) is 7.49. The molecule has 5 heterocycles. The van der Waals surface area contributed by atoms with Crippen molar-refractivity contribution in [3.05, 3.63) is 24.2 Å². The summed E-state index contributed by atoms with van der Waals surface area (Å²) in [4.78, 5) is 34.9. The molecule has 3 fully saturated rings. The molecule has 4 aliphatic heterocycles. The zero-order valence-electron chi connectivity index (χ0n) is 17.7. The number of nitrogens with one attached hydrogen (secondary N) is 1. The van der Waals surface area contributed by atoms with E-state index in [1.807, 2.05) is 0 Å². The molecule has 9 nitrogen and oxygen atoms in total. The van der Waals surface area contributed by atoms with Crippen LogP contribution in [-0.2, 0) is 14.4 Å². The van der Waals surface area contributed by atoms with Crippen molar-refractivity contribution in [1.82, 2.24) is 15.1 Å². The van der Waals surface area contributed by atoms with Crippen LogP contribution in [0.25, 0.3) is 0 Å². The number of hydrogen-bond acceptors (Lipinski definition) is 7. The number of furan rings is 1. The normalized spacial score (nSPS) is 27.0. The molecule has 2 amide bonds. The molecule has 1 aromatic rings. The summed E-state index contributed by atoms with van der Waals surface area (Å²) in [5.74, 6) is 2.00. The second kappa shape index (κ2) is 8.90. The zero-order chi connectivity index (χ0) is 21.2. The molecule has 4 aliphatic rings. The van der Waals surface area contributed by atoms with Gasteiger partial charge >= 0.3 is 0 Å². The minimum Gasteiger partial charge on any atom is -0.459 e. The van der Waals surface area contributed by atoms with E-state index in [1.54, 1.807) is 17.0 Å². The molecule has 9 heteroatoms. The molecule has 0 radical (unpaired) electrons. The number of hydrogen-bond donors (Lipinski definition) is 1. The van der Waals surface area contributed by atoms with E-state index in [0.717, 1.165) is 64.4 Å². The maximum absolute atomic E-state index is 12.6. The average Bonchev–Trinajstić information content (AvgIpc) is 3.55. The van der Waals surface area contributed by atoms with Crippen LogP contribution in [0.15, 0.2) is 28.0 Å². The van der Waals surface area contributed by atoms with Crippen molar-refractivity contribution >= 4 is 17.6 Å². The third-order valence-corrected chi connectivity index (χ3v) is 6.99. The van der Waals surface area contributed by atoms with E-state index in [-0.39, 0.29) is 29.8 Å². The monoisotopic (exact) mass is 430 g/mol. The molecule has 5 rings (SSSR count). The van der Waals surface area contributed by atoms with Gasteiger partial charge in [0.2, 0.25) is 5.91 Å². The molecule has 1 N–H and O–H groups in total. The predicted molar refractivity (Wildman–Crippen MR) is 111 cm³/mol. The number of nitrogens with zero attached hydrogens (tertiary/aromatic N) is 3. The first-order valence-electron chi connectivity index (χ1n) is 11.4. The van der Waals surface area contributed by atoms with E-state index in [0.29, 0.717) is 24.8 Å². The van der Waals surface area contributed by atoms with E-state index < -0.39 is 0 Å². The number of ether oxygens (including phenoxy) is 1. The van der Waals surface area contributed by atoms with Gasteiger partial charge in [-0.15, -0.1) is 0 Å². The Bertz CT molecular complexity index is 812. The van der Waals surface area contributed by atoms with Crippen molar-refractivity contribution in [2.45, 2.75) is 31.8 Å². The Morgan fingerprint density at radius 2 is 1.94 bits per heavy atom. The van der Waals surface area contributed by atoms with Gasteiger partial charge in [-0.25, -0.2) is 0 Å². The predicted octanol–water partition coefficient (Wildman–Crippen LogP) is 1.32. The molecule has 1 aromatic heterocycles. The summed E-state index contributed by atoms with van der Waals surface area (Å²) in [5.41, 5.74) is 0. The molecular weight excluding hydrogens is 400 g/mol. The van der Waals surface area contributed by atoms with Gasteiger partial charge in [0.1, 0.15) is 0 Å². The topological polar surface area (TPSA) is 96.6 Å². The Morgan fingerprint density at radius 1 is 1.13 bits per heavy atom. The van der Waals surface area contributed by atoms with Crippen molar-refractivity contribution in [3.8, 4) is 0 Å². The highest BCUT2D eigenvalue weighted by molar-refractivity contribution is 5.93. The third-order valence-electron chi connectivity index (χ3n) is 6.99. The number of amides is 2. The fourth-order valence-corrected chi connectivity index (χ4v) is 5.04. The lowest BCUT2D eigenvalue weighted by Gasteiger charge is -2.34. The number of piperidine rings is 1. The van der Waals surface area contributed by atoms with Gasteiger partial charge < -0.3 is 29.1 Å². The Kier molecular flexibility index (Phi) is 5.85. The SMILES string of the molecule is O=C(NCC1CCOCC1)C1CCN(C2=NO[C@@H]3CN(C(=O)c4ccco4)C[C@@H]23)CC1. The molecule has 31 heavy (non-hydrogen) atoms. The third kappa shape index (κ3) is 4.28. The highest BCUT2D eigenvalue weighted by Crippen LogP contribution is 2.31.